The number of hydrogen-bond donors (Lipinski definition) is 1. The Bertz CT molecular complexity index is 473. The molecule has 2 N–H and O–H groups in total. The van der Waals surface area contributed by atoms with Gasteiger partial charge in [0.15, 0.2) is 0 Å². The molecule has 0 aliphatic rings. The van der Waals surface area contributed by atoms with Gasteiger partial charge in [-0.25, -0.2) is 9.97 Å². The first-order valence-electron chi connectivity index (χ1n) is 5.49. The van der Waals surface area contributed by atoms with Crippen molar-refractivity contribution in [3.63, 3.8) is 0 Å². The molecule has 6 heteroatoms. The molecular formula is C11H16N4OS. The molecule has 2 aromatic rings. The molecule has 17 heavy (non-hydrogen) atoms. The Morgan fingerprint density at radius 2 is 2.29 bits per heavy atom. The minimum atomic E-state index is 0.598. The quantitative estimate of drug-likeness (QED) is 0.834. The van der Waals surface area contributed by atoms with E-state index < -0.39 is 0 Å². The lowest BCUT2D eigenvalue weighted by Crippen LogP contribution is -2.33. The van der Waals surface area contributed by atoms with Crippen LogP contribution in [0.15, 0.2) is 17.8 Å². The van der Waals surface area contributed by atoms with Gasteiger partial charge < -0.3 is 15.4 Å². The molecule has 0 saturated heterocycles. The summed E-state index contributed by atoms with van der Waals surface area (Å²) in [4.78, 5) is 10.7. The van der Waals surface area contributed by atoms with Crippen LogP contribution in [0.3, 0.4) is 0 Å². The molecule has 5 nitrogen and oxygen atoms in total. The highest BCUT2D eigenvalue weighted by Crippen LogP contribution is 2.27. The van der Waals surface area contributed by atoms with Gasteiger partial charge in [0, 0.05) is 26.7 Å². The molecule has 0 aliphatic heterocycles. The number of thiophene rings is 1. The molecule has 0 atom stereocenters. The third-order valence-corrected chi connectivity index (χ3v) is 3.39. The van der Waals surface area contributed by atoms with Crippen LogP contribution in [0.2, 0.25) is 0 Å². The maximum atomic E-state index is 5.64. The van der Waals surface area contributed by atoms with E-state index in [9.17, 15) is 0 Å². The van der Waals surface area contributed by atoms with Gasteiger partial charge in [-0.15, -0.1) is 11.3 Å². The molecule has 0 fully saturated rings. The largest absolute Gasteiger partial charge is 0.383 e. The van der Waals surface area contributed by atoms with E-state index in [0.29, 0.717) is 13.2 Å². The topological polar surface area (TPSA) is 64.3 Å². The first kappa shape index (κ1) is 12.2. The zero-order chi connectivity index (χ0) is 12.1. The second kappa shape index (κ2) is 5.90. The molecule has 0 spiro atoms. The zero-order valence-electron chi connectivity index (χ0n) is 9.80. The maximum Gasteiger partial charge on any atom is 0.150 e. The number of ether oxygens (including phenoxy) is 1. The second-order valence-corrected chi connectivity index (χ2v) is 4.52. The lowest BCUT2D eigenvalue weighted by molar-refractivity contribution is 0.205. The highest BCUT2D eigenvalue weighted by molar-refractivity contribution is 7.17. The normalized spacial score (nSPS) is 10.9. The lowest BCUT2D eigenvalue weighted by Gasteiger charge is -2.22. The van der Waals surface area contributed by atoms with E-state index in [2.05, 4.69) is 14.9 Å². The summed E-state index contributed by atoms with van der Waals surface area (Å²) in [6.07, 6.45) is 1.60. The maximum absolute atomic E-state index is 5.64. The summed E-state index contributed by atoms with van der Waals surface area (Å²) >= 11 is 1.65. The van der Waals surface area contributed by atoms with Gasteiger partial charge in [0.1, 0.15) is 12.1 Å². The smallest absolute Gasteiger partial charge is 0.150 e. The molecule has 0 amide bonds. The molecule has 0 saturated carbocycles. The van der Waals surface area contributed by atoms with Crippen LogP contribution >= 0.6 is 11.3 Å². The van der Waals surface area contributed by atoms with Gasteiger partial charge in [0.2, 0.25) is 0 Å². The minimum absolute atomic E-state index is 0.598. The van der Waals surface area contributed by atoms with Gasteiger partial charge in [0.25, 0.3) is 0 Å². The first-order valence-corrected chi connectivity index (χ1v) is 6.37. The van der Waals surface area contributed by atoms with E-state index in [1.165, 1.54) is 0 Å². The zero-order valence-corrected chi connectivity index (χ0v) is 10.6. The molecule has 92 valence electrons. The first-order chi connectivity index (χ1) is 8.36. The van der Waals surface area contributed by atoms with Crippen LogP contribution in [0.5, 0.6) is 0 Å². The average Bonchev–Trinajstić information content (AvgIpc) is 2.82. The van der Waals surface area contributed by atoms with Crippen LogP contribution in [0.1, 0.15) is 0 Å². The standard InChI is InChI=1S/C11H16N4OS/c1-16-6-5-15(4-3-12)11-10-9(2-7-17-10)13-8-14-11/h2,7-8H,3-6,12H2,1H3. The van der Waals surface area contributed by atoms with Crippen LogP contribution in [0, 0.1) is 0 Å². The summed E-state index contributed by atoms with van der Waals surface area (Å²) in [5.41, 5.74) is 6.62. The van der Waals surface area contributed by atoms with Crippen molar-refractivity contribution < 1.29 is 4.74 Å². The summed E-state index contributed by atoms with van der Waals surface area (Å²) in [6.45, 7) is 2.82. The van der Waals surface area contributed by atoms with Crippen molar-refractivity contribution in [1.29, 1.82) is 0 Å². The van der Waals surface area contributed by atoms with Crippen molar-refractivity contribution in [2.75, 3.05) is 38.3 Å². The van der Waals surface area contributed by atoms with E-state index in [1.54, 1.807) is 24.8 Å². The Morgan fingerprint density at radius 1 is 1.41 bits per heavy atom. The predicted molar refractivity (Wildman–Crippen MR) is 70.6 cm³/mol. The van der Waals surface area contributed by atoms with Crippen molar-refractivity contribution >= 4 is 27.4 Å². The summed E-state index contributed by atoms with van der Waals surface area (Å²) in [6, 6.07) is 2.00. The van der Waals surface area contributed by atoms with Gasteiger partial charge in [0.05, 0.1) is 16.8 Å². The van der Waals surface area contributed by atoms with E-state index in [0.717, 1.165) is 29.1 Å². The number of hydrogen-bond acceptors (Lipinski definition) is 6. The monoisotopic (exact) mass is 252 g/mol. The molecule has 0 bridgehead atoms. The van der Waals surface area contributed by atoms with Crippen LogP contribution in [-0.2, 0) is 4.74 Å². The summed E-state index contributed by atoms with van der Waals surface area (Å²) in [7, 11) is 1.70. The average molecular weight is 252 g/mol. The number of nitrogens with zero attached hydrogens (tertiary/aromatic N) is 3. The Labute approximate surface area is 104 Å². The van der Waals surface area contributed by atoms with E-state index in [1.807, 2.05) is 11.4 Å². The number of nitrogens with two attached hydrogens (primary N) is 1. The third-order valence-electron chi connectivity index (χ3n) is 2.49. The van der Waals surface area contributed by atoms with Gasteiger partial charge in [-0.2, -0.15) is 0 Å². The fourth-order valence-corrected chi connectivity index (χ4v) is 2.54. The third kappa shape index (κ3) is 2.71. The fourth-order valence-electron chi connectivity index (χ4n) is 1.68. The molecule has 0 aromatic carbocycles. The molecule has 0 radical (unpaired) electrons. The van der Waals surface area contributed by atoms with Crippen molar-refractivity contribution in [2.45, 2.75) is 0 Å². The predicted octanol–water partition coefficient (Wildman–Crippen LogP) is 1.10. The van der Waals surface area contributed by atoms with Crippen LogP contribution < -0.4 is 10.6 Å². The van der Waals surface area contributed by atoms with Gasteiger partial charge in [-0.05, 0) is 11.4 Å². The SMILES string of the molecule is COCCN(CCN)c1ncnc2ccsc12. The van der Waals surface area contributed by atoms with Crippen LogP contribution in [0.25, 0.3) is 10.2 Å². The molecule has 2 rings (SSSR count). The summed E-state index contributed by atoms with van der Waals surface area (Å²) < 4.78 is 6.22. The second-order valence-electron chi connectivity index (χ2n) is 3.60. The number of rotatable bonds is 6. The van der Waals surface area contributed by atoms with E-state index in [-0.39, 0.29) is 0 Å². The summed E-state index contributed by atoms with van der Waals surface area (Å²) in [5, 5.41) is 2.03. The Kier molecular flexibility index (Phi) is 4.24. The number of anilines is 1. The molecule has 0 unspecified atom stereocenters. The van der Waals surface area contributed by atoms with Crippen molar-refractivity contribution in [3.8, 4) is 0 Å². The van der Waals surface area contributed by atoms with Crippen LogP contribution in [0.4, 0.5) is 5.82 Å². The van der Waals surface area contributed by atoms with E-state index >= 15 is 0 Å². The summed E-state index contributed by atoms with van der Waals surface area (Å²) in [5.74, 6) is 0.951. The van der Waals surface area contributed by atoms with Gasteiger partial charge >= 0.3 is 0 Å². The fraction of sp³-hybridized carbons (Fsp3) is 0.455. The molecule has 2 aromatic heterocycles. The Morgan fingerprint density at radius 3 is 3.06 bits per heavy atom. The van der Waals surface area contributed by atoms with E-state index in [4.69, 9.17) is 10.5 Å². The van der Waals surface area contributed by atoms with Gasteiger partial charge in [-0.3, -0.25) is 0 Å². The molecular weight excluding hydrogens is 236 g/mol. The van der Waals surface area contributed by atoms with Crippen molar-refractivity contribution in [1.82, 2.24) is 9.97 Å². The highest BCUT2D eigenvalue weighted by Gasteiger charge is 2.12. The number of fused-ring (bicyclic) bond motifs is 1. The van der Waals surface area contributed by atoms with Crippen LogP contribution in [-0.4, -0.2) is 43.3 Å². The lowest BCUT2D eigenvalue weighted by atomic mass is 10.4. The number of aromatic nitrogens is 2. The van der Waals surface area contributed by atoms with Crippen molar-refractivity contribution in [3.05, 3.63) is 17.8 Å². The number of methoxy groups -OCH3 is 1. The molecule has 0 aliphatic carbocycles. The Balaban J connectivity index is 2.30. The Hall–Kier alpha value is -1.24. The van der Waals surface area contributed by atoms with Gasteiger partial charge in [-0.1, -0.05) is 0 Å². The minimum Gasteiger partial charge on any atom is -0.383 e. The molecule has 2 heterocycles. The highest BCUT2D eigenvalue weighted by atomic mass is 32.1. The van der Waals surface area contributed by atoms with Crippen molar-refractivity contribution in [2.24, 2.45) is 5.73 Å².